The summed E-state index contributed by atoms with van der Waals surface area (Å²) >= 11 is 5.69. The lowest BCUT2D eigenvalue weighted by molar-refractivity contribution is 0.412. The highest BCUT2D eigenvalue weighted by atomic mass is 35.5. The molecule has 0 aliphatic rings. The van der Waals surface area contributed by atoms with Gasteiger partial charge in [-0.15, -0.1) is 0 Å². The lowest BCUT2D eigenvalue weighted by atomic mass is 10.1. The van der Waals surface area contributed by atoms with Gasteiger partial charge in [-0.05, 0) is 25.0 Å². The van der Waals surface area contributed by atoms with Gasteiger partial charge in [-0.1, -0.05) is 11.6 Å². The normalized spacial score (nSPS) is 12.6. The molecule has 0 aliphatic carbocycles. The van der Waals surface area contributed by atoms with Crippen LogP contribution in [0, 0.1) is 5.82 Å². The summed E-state index contributed by atoms with van der Waals surface area (Å²) in [5.41, 5.74) is 6.07. The Labute approximate surface area is 87.8 Å². The minimum atomic E-state index is -0.412. The molecule has 0 spiro atoms. The van der Waals surface area contributed by atoms with Crippen molar-refractivity contribution in [3.63, 3.8) is 0 Å². The maximum absolute atomic E-state index is 13.4. The van der Waals surface area contributed by atoms with Crippen LogP contribution in [0.3, 0.4) is 0 Å². The molecule has 1 aromatic carbocycles. The van der Waals surface area contributed by atoms with Crippen molar-refractivity contribution in [1.29, 1.82) is 0 Å². The molecule has 14 heavy (non-hydrogen) atoms. The Hall–Kier alpha value is -0.800. The smallest absolute Gasteiger partial charge is 0.145 e. The van der Waals surface area contributed by atoms with Crippen LogP contribution in [0.15, 0.2) is 12.1 Å². The number of benzene rings is 1. The number of halogens is 2. The van der Waals surface area contributed by atoms with Crippen LogP contribution in [0.2, 0.25) is 5.02 Å². The number of hydrogen-bond acceptors (Lipinski definition) is 2. The maximum atomic E-state index is 13.4. The molecule has 0 bridgehead atoms. The average Bonchev–Trinajstić information content (AvgIpc) is 2.11. The first-order valence-electron chi connectivity index (χ1n) is 4.32. The third kappa shape index (κ3) is 2.59. The van der Waals surface area contributed by atoms with Gasteiger partial charge in [0.15, 0.2) is 0 Å². The molecular formula is C10H13ClFNO. The van der Waals surface area contributed by atoms with E-state index in [1.54, 1.807) is 6.07 Å². The zero-order valence-electron chi connectivity index (χ0n) is 8.18. The van der Waals surface area contributed by atoms with Gasteiger partial charge in [-0.2, -0.15) is 0 Å². The molecule has 0 heterocycles. The second kappa shape index (κ2) is 4.62. The van der Waals surface area contributed by atoms with Crippen LogP contribution in [0.5, 0.6) is 5.75 Å². The quantitative estimate of drug-likeness (QED) is 0.844. The molecule has 1 rings (SSSR count). The molecule has 2 nitrogen and oxygen atoms in total. The Bertz CT molecular complexity index is 328. The van der Waals surface area contributed by atoms with E-state index in [4.69, 9.17) is 22.1 Å². The molecule has 0 saturated heterocycles. The predicted octanol–water partition coefficient (Wildman–Crippen LogP) is 2.38. The Morgan fingerprint density at radius 3 is 2.71 bits per heavy atom. The van der Waals surface area contributed by atoms with Gasteiger partial charge in [0.25, 0.3) is 0 Å². The van der Waals surface area contributed by atoms with Crippen molar-refractivity contribution in [2.24, 2.45) is 5.73 Å². The molecule has 1 aromatic rings. The molecule has 0 aromatic heterocycles. The first kappa shape index (κ1) is 11.3. The fourth-order valence-corrected chi connectivity index (χ4v) is 1.46. The molecule has 78 valence electrons. The highest BCUT2D eigenvalue weighted by Gasteiger charge is 2.11. The van der Waals surface area contributed by atoms with Gasteiger partial charge in [0.2, 0.25) is 0 Å². The van der Waals surface area contributed by atoms with E-state index in [1.165, 1.54) is 13.2 Å². The van der Waals surface area contributed by atoms with Crippen molar-refractivity contribution in [1.82, 2.24) is 0 Å². The lowest BCUT2D eigenvalue weighted by Gasteiger charge is -2.09. The third-order valence-electron chi connectivity index (χ3n) is 1.85. The second-order valence-electron chi connectivity index (χ2n) is 3.26. The highest BCUT2D eigenvalue weighted by molar-refractivity contribution is 6.30. The summed E-state index contributed by atoms with van der Waals surface area (Å²) in [7, 11) is 1.51. The first-order valence-corrected chi connectivity index (χ1v) is 4.70. The maximum Gasteiger partial charge on any atom is 0.145 e. The summed E-state index contributed by atoms with van der Waals surface area (Å²) in [4.78, 5) is 0. The van der Waals surface area contributed by atoms with Gasteiger partial charge in [-0.25, -0.2) is 4.39 Å². The van der Waals surface area contributed by atoms with Gasteiger partial charge in [0, 0.05) is 12.1 Å². The minimum Gasteiger partial charge on any atom is -0.497 e. The van der Waals surface area contributed by atoms with Gasteiger partial charge >= 0.3 is 0 Å². The van der Waals surface area contributed by atoms with Gasteiger partial charge in [-0.3, -0.25) is 0 Å². The Morgan fingerprint density at radius 1 is 1.57 bits per heavy atom. The highest BCUT2D eigenvalue weighted by Crippen LogP contribution is 2.25. The van der Waals surface area contributed by atoms with Crippen LogP contribution < -0.4 is 10.5 Å². The second-order valence-corrected chi connectivity index (χ2v) is 3.67. The zero-order chi connectivity index (χ0) is 10.7. The van der Waals surface area contributed by atoms with Crippen LogP contribution in [0.25, 0.3) is 0 Å². The first-order chi connectivity index (χ1) is 6.54. The summed E-state index contributed by atoms with van der Waals surface area (Å²) in [5.74, 6) is 0.136. The average molecular weight is 218 g/mol. The topological polar surface area (TPSA) is 35.2 Å². The van der Waals surface area contributed by atoms with Gasteiger partial charge < -0.3 is 10.5 Å². The van der Waals surface area contributed by atoms with Gasteiger partial charge in [0.1, 0.15) is 11.6 Å². The van der Waals surface area contributed by atoms with E-state index in [0.29, 0.717) is 17.7 Å². The number of ether oxygens (including phenoxy) is 1. The van der Waals surface area contributed by atoms with Gasteiger partial charge in [0.05, 0.1) is 12.1 Å². The SMILES string of the molecule is COc1cc(Cl)c(F)c(CC(C)N)c1. The fraction of sp³-hybridized carbons (Fsp3) is 0.400. The third-order valence-corrected chi connectivity index (χ3v) is 2.13. The summed E-state index contributed by atoms with van der Waals surface area (Å²) in [5, 5.41) is 0.0694. The summed E-state index contributed by atoms with van der Waals surface area (Å²) < 4.78 is 18.4. The molecule has 1 atom stereocenters. The molecule has 0 amide bonds. The van der Waals surface area contributed by atoms with Crippen LogP contribution in [0.1, 0.15) is 12.5 Å². The van der Waals surface area contributed by atoms with Crippen molar-refractivity contribution < 1.29 is 9.13 Å². The minimum absolute atomic E-state index is 0.0694. The van der Waals surface area contributed by atoms with E-state index in [9.17, 15) is 4.39 Å². The largest absolute Gasteiger partial charge is 0.497 e. The molecular weight excluding hydrogens is 205 g/mol. The standard InChI is InChI=1S/C10H13ClFNO/c1-6(13)3-7-4-8(14-2)5-9(11)10(7)12/h4-6H,3,13H2,1-2H3. The van der Waals surface area contributed by atoms with E-state index in [1.807, 2.05) is 6.92 Å². The van der Waals surface area contributed by atoms with E-state index < -0.39 is 5.82 Å². The molecule has 4 heteroatoms. The van der Waals surface area contributed by atoms with Crippen LogP contribution >= 0.6 is 11.6 Å². The van der Waals surface area contributed by atoms with Crippen LogP contribution in [-0.4, -0.2) is 13.2 Å². The summed E-state index contributed by atoms with van der Waals surface area (Å²) in [6, 6.07) is 2.96. The fourth-order valence-electron chi connectivity index (χ4n) is 1.23. The zero-order valence-corrected chi connectivity index (χ0v) is 8.94. The molecule has 1 unspecified atom stereocenters. The van der Waals surface area contributed by atoms with E-state index in [-0.39, 0.29) is 11.1 Å². The molecule has 2 N–H and O–H groups in total. The van der Waals surface area contributed by atoms with Crippen molar-refractivity contribution >= 4 is 11.6 Å². The molecule has 0 fully saturated rings. The monoisotopic (exact) mass is 217 g/mol. The molecule has 0 radical (unpaired) electrons. The summed E-state index contributed by atoms with van der Waals surface area (Å²) in [6.45, 7) is 1.81. The van der Waals surface area contributed by atoms with Crippen LogP contribution in [-0.2, 0) is 6.42 Å². The predicted molar refractivity (Wildman–Crippen MR) is 55.3 cm³/mol. The summed E-state index contributed by atoms with van der Waals surface area (Å²) in [6.07, 6.45) is 0.447. The Morgan fingerprint density at radius 2 is 2.21 bits per heavy atom. The van der Waals surface area contributed by atoms with Crippen molar-refractivity contribution in [2.45, 2.75) is 19.4 Å². The Kier molecular flexibility index (Phi) is 3.72. The molecule has 0 aliphatic heterocycles. The van der Waals surface area contributed by atoms with E-state index >= 15 is 0 Å². The Balaban J connectivity index is 3.07. The van der Waals surface area contributed by atoms with E-state index in [0.717, 1.165) is 0 Å². The number of nitrogens with two attached hydrogens (primary N) is 1. The molecule has 0 saturated carbocycles. The number of methoxy groups -OCH3 is 1. The van der Waals surface area contributed by atoms with Crippen molar-refractivity contribution in [3.05, 3.63) is 28.5 Å². The van der Waals surface area contributed by atoms with E-state index in [2.05, 4.69) is 0 Å². The lowest BCUT2D eigenvalue weighted by Crippen LogP contribution is -2.18. The van der Waals surface area contributed by atoms with Crippen molar-refractivity contribution in [3.8, 4) is 5.75 Å². The number of hydrogen-bond donors (Lipinski definition) is 1. The van der Waals surface area contributed by atoms with Crippen LogP contribution in [0.4, 0.5) is 4.39 Å². The number of rotatable bonds is 3. The van der Waals surface area contributed by atoms with Crippen molar-refractivity contribution in [2.75, 3.05) is 7.11 Å².